The van der Waals surface area contributed by atoms with Gasteiger partial charge in [-0.15, -0.1) is 0 Å². The lowest BCUT2D eigenvalue weighted by Crippen LogP contribution is -2.44. The molecule has 1 aromatic rings. The molecule has 0 bridgehead atoms. The van der Waals surface area contributed by atoms with Gasteiger partial charge in [-0.1, -0.05) is 12.1 Å². The van der Waals surface area contributed by atoms with Gasteiger partial charge in [0.25, 0.3) is 5.92 Å². The van der Waals surface area contributed by atoms with Crippen LogP contribution in [0.15, 0.2) is 28.7 Å². The summed E-state index contributed by atoms with van der Waals surface area (Å²) in [5, 5.41) is 3.10. The van der Waals surface area contributed by atoms with Gasteiger partial charge in [-0.25, -0.2) is 8.78 Å². The number of piperidine rings is 1. The molecule has 1 aromatic carbocycles. The third-order valence-electron chi connectivity index (χ3n) is 3.03. The molecule has 2 nitrogen and oxygen atoms in total. The average Bonchev–Trinajstić information content (AvgIpc) is 2.30. The average molecular weight is 320 g/mol. The van der Waals surface area contributed by atoms with Crippen LogP contribution in [0.25, 0.3) is 0 Å². The van der Waals surface area contributed by atoms with Gasteiger partial charge in [-0.05, 0) is 34.5 Å². The summed E-state index contributed by atoms with van der Waals surface area (Å²) in [6.07, 6.45) is 0.442. The fourth-order valence-electron chi connectivity index (χ4n) is 2.07. The van der Waals surface area contributed by atoms with Gasteiger partial charge in [0.2, 0.25) is 0 Å². The van der Waals surface area contributed by atoms with Crippen molar-refractivity contribution in [2.24, 2.45) is 0 Å². The monoisotopic (exact) mass is 319 g/mol. The van der Waals surface area contributed by atoms with E-state index in [1.807, 2.05) is 24.3 Å². The fraction of sp³-hybridized carbons (Fsp3) is 0.538. The van der Waals surface area contributed by atoms with Crippen molar-refractivity contribution in [1.82, 2.24) is 5.32 Å². The van der Waals surface area contributed by atoms with Crippen molar-refractivity contribution in [3.63, 3.8) is 0 Å². The SMILES string of the molecule is FC1(F)CCNC(CCOc2ccccc2Br)C1. The van der Waals surface area contributed by atoms with Crippen LogP contribution in [0, 0.1) is 0 Å². The van der Waals surface area contributed by atoms with Crippen LogP contribution in [0.5, 0.6) is 5.75 Å². The van der Waals surface area contributed by atoms with E-state index in [4.69, 9.17) is 4.74 Å². The Morgan fingerprint density at radius 3 is 2.89 bits per heavy atom. The summed E-state index contributed by atoms with van der Waals surface area (Å²) in [6, 6.07) is 7.37. The van der Waals surface area contributed by atoms with Crippen molar-refractivity contribution in [1.29, 1.82) is 0 Å². The van der Waals surface area contributed by atoms with Gasteiger partial charge in [0.1, 0.15) is 5.75 Å². The molecule has 1 unspecified atom stereocenters. The van der Waals surface area contributed by atoms with Crippen molar-refractivity contribution in [2.45, 2.75) is 31.2 Å². The van der Waals surface area contributed by atoms with Crippen molar-refractivity contribution in [3.05, 3.63) is 28.7 Å². The number of hydrogen-bond acceptors (Lipinski definition) is 2. The van der Waals surface area contributed by atoms with Crippen LogP contribution in [-0.4, -0.2) is 25.1 Å². The Hall–Kier alpha value is -0.680. The molecule has 0 saturated carbocycles. The molecule has 1 saturated heterocycles. The van der Waals surface area contributed by atoms with Crippen LogP contribution in [0.2, 0.25) is 0 Å². The Morgan fingerprint density at radius 2 is 2.17 bits per heavy atom. The number of halogens is 3. The highest BCUT2D eigenvalue weighted by Gasteiger charge is 2.35. The smallest absolute Gasteiger partial charge is 0.250 e. The zero-order chi connectivity index (χ0) is 13.0. The molecule has 1 aliphatic rings. The Balaban J connectivity index is 1.77. The lowest BCUT2D eigenvalue weighted by atomic mass is 9.99. The normalized spacial score (nSPS) is 22.7. The Morgan fingerprint density at radius 1 is 1.39 bits per heavy atom. The van der Waals surface area contributed by atoms with Crippen LogP contribution in [0.1, 0.15) is 19.3 Å². The molecule has 1 heterocycles. The second-order valence-corrected chi connectivity index (χ2v) is 5.38. The van der Waals surface area contributed by atoms with E-state index in [1.54, 1.807) is 0 Å². The quantitative estimate of drug-likeness (QED) is 0.915. The minimum Gasteiger partial charge on any atom is -0.492 e. The molecule has 1 atom stereocenters. The molecule has 1 aliphatic heterocycles. The van der Waals surface area contributed by atoms with E-state index in [-0.39, 0.29) is 18.9 Å². The summed E-state index contributed by atoms with van der Waals surface area (Å²) in [5.74, 6) is -1.77. The van der Waals surface area contributed by atoms with Crippen LogP contribution in [-0.2, 0) is 0 Å². The molecule has 1 N–H and O–H groups in total. The number of alkyl halides is 2. The van der Waals surface area contributed by atoms with E-state index in [1.165, 1.54) is 0 Å². The van der Waals surface area contributed by atoms with Crippen molar-refractivity contribution >= 4 is 15.9 Å². The highest BCUT2D eigenvalue weighted by atomic mass is 79.9. The van der Waals surface area contributed by atoms with Gasteiger partial charge in [0.05, 0.1) is 11.1 Å². The van der Waals surface area contributed by atoms with E-state index in [2.05, 4.69) is 21.2 Å². The van der Waals surface area contributed by atoms with E-state index in [0.717, 1.165) is 10.2 Å². The zero-order valence-corrected chi connectivity index (χ0v) is 11.6. The molecule has 0 spiro atoms. The summed E-state index contributed by atoms with van der Waals surface area (Å²) in [7, 11) is 0. The maximum Gasteiger partial charge on any atom is 0.250 e. The third-order valence-corrected chi connectivity index (χ3v) is 3.68. The standard InChI is InChI=1S/C13H16BrF2NO/c14-11-3-1-2-4-12(11)18-8-5-10-9-13(15,16)6-7-17-10/h1-4,10,17H,5-9H2. The largest absolute Gasteiger partial charge is 0.492 e. The first-order valence-corrected chi connectivity index (χ1v) is 6.85. The molecule has 1 fully saturated rings. The first-order chi connectivity index (χ1) is 8.57. The summed E-state index contributed by atoms with van der Waals surface area (Å²) in [5.41, 5.74) is 0. The maximum atomic E-state index is 13.2. The Labute approximate surface area is 114 Å². The van der Waals surface area contributed by atoms with E-state index < -0.39 is 5.92 Å². The zero-order valence-electron chi connectivity index (χ0n) is 9.96. The fourth-order valence-corrected chi connectivity index (χ4v) is 2.47. The minimum atomic E-state index is -2.52. The van der Waals surface area contributed by atoms with Crippen LogP contribution < -0.4 is 10.1 Å². The molecule has 18 heavy (non-hydrogen) atoms. The predicted molar refractivity (Wildman–Crippen MR) is 70.2 cm³/mol. The molecule has 0 radical (unpaired) electrons. The van der Waals surface area contributed by atoms with Crippen LogP contribution in [0.4, 0.5) is 8.78 Å². The molecular weight excluding hydrogens is 304 g/mol. The molecule has 100 valence electrons. The highest BCUT2D eigenvalue weighted by Crippen LogP contribution is 2.29. The maximum absolute atomic E-state index is 13.2. The van der Waals surface area contributed by atoms with Crippen molar-refractivity contribution in [3.8, 4) is 5.75 Å². The molecule has 0 aromatic heterocycles. The van der Waals surface area contributed by atoms with E-state index in [0.29, 0.717) is 19.6 Å². The Kier molecular flexibility index (Phi) is 4.56. The molecule has 5 heteroatoms. The number of ether oxygens (including phenoxy) is 1. The van der Waals surface area contributed by atoms with Crippen LogP contribution >= 0.6 is 15.9 Å². The minimum absolute atomic E-state index is 0.0609. The van der Waals surface area contributed by atoms with E-state index in [9.17, 15) is 8.78 Å². The van der Waals surface area contributed by atoms with Crippen molar-refractivity contribution < 1.29 is 13.5 Å². The molecule has 0 aliphatic carbocycles. The van der Waals surface area contributed by atoms with Gasteiger partial charge in [0.15, 0.2) is 0 Å². The summed E-state index contributed by atoms with van der Waals surface area (Å²) < 4.78 is 32.8. The topological polar surface area (TPSA) is 21.3 Å². The summed E-state index contributed by atoms with van der Waals surface area (Å²) in [4.78, 5) is 0. The van der Waals surface area contributed by atoms with Gasteiger partial charge in [-0.2, -0.15) is 0 Å². The van der Waals surface area contributed by atoms with Gasteiger partial charge in [0, 0.05) is 25.4 Å². The number of nitrogens with one attached hydrogen (secondary N) is 1. The number of hydrogen-bond donors (Lipinski definition) is 1. The first-order valence-electron chi connectivity index (χ1n) is 6.05. The lowest BCUT2D eigenvalue weighted by molar-refractivity contribution is -0.0429. The van der Waals surface area contributed by atoms with Gasteiger partial charge < -0.3 is 10.1 Å². The summed E-state index contributed by atoms with van der Waals surface area (Å²) >= 11 is 3.38. The summed E-state index contributed by atoms with van der Waals surface area (Å²) in [6.45, 7) is 0.822. The third kappa shape index (κ3) is 3.92. The number of para-hydroxylation sites is 1. The van der Waals surface area contributed by atoms with Crippen molar-refractivity contribution in [2.75, 3.05) is 13.2 Å². The second kappa shape index (κ2) is 5.97. The number of benzene rings is 1. The van der Waals surface area contributed by atoms with Gasteiger partial charge in [-0.3, -0.25) is 0 Å². The highest BCUT2D eigenvalue weighted by molar-refractivity contribution is 9.10. The van der Waals surface area contributed by atoms with E-state index >= 15 is 0 Å². The Bertz CT molecular complexity index is 400. The molecular formula is C13H16BrF2NO. The van der Waals surface area contributed by atoms with Gasteiger partial charge >= 0.3 is 0 Å². The first kappa shape index (κ1) is 13.7. The molecule has 2 rings (SSSR count). The number of rotatable bonds is 4. The second-order valence-electron chi connectivity index (χ2n) is 4.53. The molecule has 0 amide bonds. The predicted octanol–water partition coefficient (Wildman–Crippen LogP) is 3.61. The van der Waals surface area contributed by atoms with Crippen LogP contribution in [0.3, 0.4) is 0 Å². The lowest BCUT2D eigenvalue weighted by Gasteiger charge is -2.30.